The minimum absolute atomic E-state index is 0.220. The maximum absolute atomic E-state index is 12.5. The summed E-state index contributed by atoms with van der Waals surface area (Å²) in [4.78, 5) is 24.1. The van der Waals surface area contributed by atoms with Crippen LogP contribution in [0, 0.1) is 5.41 Å². The lowest BCUT2D eigenvalue weighted by atomic mass is 9.86. The second-order valence-electron chi connectivity index (χ2n) is 7.27. The van der Waals surface area contributed by atoms with Crippen molar-refractivity contribution < 1.29 is 4.79 Å². The Kier molecular flexibility index (Phi) is 4.10. The topological polar surface area (TPSA) is 52.2 Å². The molecule has 1 atom stereocenters. The zero-order valence-electron chi connectivity index (χ0n) is 13.9. The van der Waals surface area contributed by atoms with Crippen LogP contribution < -0.4 is 0 Å². The standard InChI is InChI=1S/C19H24N4O/c24-18(10-17-11-20-15-21-17)23-9-7-19(14-23)6-8-22(13-19)12-16-4-2-1-3-5-16/h1-5,11,15H,6-10,12-14H2,(H,20,21). The number of imidazole rings is 1. The van der Waals surface area contributed by atoms with Crippen molar-refractivity contribution in [2.45, 2.75) is 25.8 Å². The highest BCUT2D eigenvalue weighted by Gasteiger charge is 2.44. The summed E-state index contributed by atoms with van der Waals surface area (Å²) in [7, 11) is 0. The van der Waals surface area contributed by atoms with E-state index >= 15 is 0 Å². The molecule has 1 unspecified atom stereocenters. The van der Waals surface area contributed by atoms with E-state index < -0.39 is 0 Å². The third-order valence-electron chi connectivity index (χ3n) is 5.45. The molecule has 5 nitrogen and oxygen atoms in total. The van der Waals surface area contributed by atoms with Gasteiger partial charge in [-0.05, 0) is 24.9 Å². The van der Waals surface area contributed by atoms with E-state index in [0.717, 1.165) is 44.8 Å². The molecule has 1 aromatic carbocycles. The van der Waals surface area contributed by atoms with Crippen LogP contribution in [0.1, 0.15) is 24.1 Å². The molecule has 1 amide bonds. The number of carbonyl (C=O) groups excluding carboxylic acids is 1. The van der Waals surface area contributed by atoms with E-state index in [1.807, 2.05) is 4.90 Å². The molecule has 2 saturated heterocycles. The molecule has 24 heavy (non-hydrogen) atoms. The molecule has 2 aliphatic rings. The zero-order chi connectivity index (χ0) is 16.4. The first-order valence-electron chi connectivity index (χ1n) is 8.74. The molecule has 1 spiro atoms. The summed E-state index contributed by atoms with van der Waals surface area (Å²) < 4.78 is 0. The molecule has 2 fully saturated rings. The minimum atomic E-state index is 0.220. The average molecular weight is 324 g/mol. The van der Waals surface area contributed by atoms with Gasteiger partial charge in [0.15, 0.2) is 0 Å². The van der Waals surface area contributed by atoms with Crippen molar-refractivity contribution in [3.63, 3.8) is 0 Å². The van der Waals surface area contributed by atoms with E-state index in [2.05, 4.69) is 45.2 Å². The molecule has 3 heterocycles. The Hall–Kier alpha value is -2.14. The fourth-order valence-corrected chi connectivity index (χ4v) is 4.14. The first-order chi connectivity index (χ1) is 11.7. The van der Waals surface area contributed by atoms with Gasteiger partial charge in [0.1, 0.15) is 0 Å². The molecule has 126 valence electrons. The van der Waals surface area contributed by atoms with Gasteiger partial charge in [-0.15, -0.1) is 0 Å². The van der Waals surface area contributed by atoms with Crippen molar-refractivity contribution in [3.05, 3.63) is 54.1 Å². The van der Waals surface area contributed by atoms with Gasteiger partial charge in [-0.25, -0.2) is 4.98 Å². The number of likely N-dealkylation sites (tertiary alicyclic amines) is 2. The van der Waals surface area contributed by atoms with E-state index in [4.69, 9.17) is 0 Å². The van der Waals surface area contributed by atoms with Gasteiger partial charge in [-0.2, -0.15) is 0 Å². The molecule has 5 heteroatoms. The number of rotatable bonds is 4. The average Bonchev–Trinajstić information content (AvgIpc) is 3.32. The molecular weight excluding hydrogens is 300 g/mol. The van der Waals surface area contributed by atoms with Crippen molar-refractivity contribution in [1.82, 2.24) is 19.8 Å². The van der Waals surface area contributed by atoms with Crippen LogP contribution in [0.15, 0.2) is 42.9 Å². The van der Waals surface area contributed by atoms with Crippen LogP contribution in [-0.2, 0) is 17.8 Å². The van der Waals surface area contributed by atoms with Gasteiger partial charge in [0.05, 0.1) is 12.7 Å². The van der Waals surface area contributed by atoms with Crippen LogP contribution in [0.25, 0.3) is 0 Å². The lowest BCUT2D eigenvalue weighted by Crippen LogP contribution is -2.34. The highest BCUT2D eigenvalue weighted by Crippen LogP contribution is 2.40. The number of aromatic amines is 1. The fourth-order valence-electron chi connectivity index (χ4n) is 4.14. The first kappa shape index (κ1) is 15.4. The quantitative estimate of drug-likeness (QED) is 0.937. The van der Waals surface area contributed by atoms with E-state index in [1.165, 1.54) is 12.0 Å². The van der Waals surface area contributed by atoms with Crippen LogP contribution in [0.2, 0.25) is 0 Å². The summed E-state index contributed by atoms with van der Waals surface area (Å²) in [6.45, 7) is 5.06. The first-order valence-corrected chi connectivity index (χ1v) is 8.74. The Morgan fingerprint density at radius 1 is 1.17 bits per heavy atom. The number of benzene rings is 1. The Morgan fingerprint density at radius 2 is 2.00 bits per heavy atom. The molecule has 1 aromatic heterocycles. The summed E-state index contributed by atoms with van der Waals surface area (Å²) in [6, 6.07) is 10.7. The summed E-state index contributed by atoms with van der Waals surface area (Å²) in [5.74, 6) is 0.220. The molecule has 2 aromatic rings. The minimum Gasteiger partial charge on any atom is -0.348 e. The highest BCUT2D eigenvalue weighted by atomic mass is 16.2. The summed E-state index contributed by atoms with van der Waals surface area (Å²) >= 11 is 0. The summed E-state index contributed by atoms with van der Waals surface area (Å²) in [6.07, 6.45) is 6.14. The largest absolute Gasteiger partial charge is 0.348 e. The lowest BCUT2D eigenvalue weighted by Gasteiger charge is -2.25. The molecule has 0 saturated carbocycles. The van der Waals surface area contributed by atoms with E-state index in [0.29, 0.717) is 11.8 Å². The smallest absolute Gasteiger partial charge is 0.228 e. The number of nitrogens with one attached hydrogen (secondary N) is 1. The summed E-state index contributed by atoms with van der Waals surface area (Å²) in [5, 5.41) is 0. The van der Waals surface area contributed by atoms with E-state index in [1.54, 1.807) is 12.5 Å². The van der Waals surface area contributed by atoms with Gasteiger partial charge >= 0.3 is 0 Å². The molecular formula is C19H24N4O. The molecule has 0 radical (unpaired) electrons. The third-order valence-corrected chi connectivity index (χ3v) is 5.45. The number of hydrogen-bond donors (Lipinski definition) is 1. The molecule has 1 N–H and O–H groups in total. The van der Waals surface area contributed by atoms with Crippen LogP contribution in [-0.4, -0.2) is 51.9 Å². The van der Waals surface area contributed by atoms with Crippen LogP contribution in [0.3, 0.4) is 0 Å². The van der Waals surface area contributed by atoms with Crippen molar-refractivity contribution in [1.29, 1.82) is 0 Å². The van der Waals surface area contributed by atoms with E-state index in [9.17, 15) is 4.79 Å². The predicted molar refractivity (Wildman–Crippen MR) is 92.3 cm³/mol. The van der Waals surface area contributed by atoms with Crippen LogP contribution in [0.5, 0.6) is 0 Å². The van der Waals surface area contributed by atoms with Gasteiger partial charge < -0.3 is 9.88 Å². The second-order valence-corrected chi connectivity index (χ2v) is 7.27. The van der Waals surface area contributed by atoms with Crippen LogP contribution >= 0.6 is 0 Å². The number of H-pyrrole nitrogens is 1. The van der Waals surface area contributed by atoms with Crippen LogP contribution in [0.4, 0.5) is 0 Å². The number of carbonyl (C=O) groups is 1. The monoisotopic (exact) mass is 324 g/mol. The Balaban J connectivity index is 1.33. The van der Waals surface area contributed by atoms with Gasteiger partial charge in [-0.3, -0.25) is 9.69 Å². The van der Waals surface area contributed by atoms with Crippen molar-refractivity contribution in [2.24, 2.45) is 5.41 Å². The third kappa shape index (κ3) is 3.22. The van der Waals surface area contributed by atoms with Crippen molar-refractivity contribution in [2.75, 3.05) is 26.2 Å². The van der Waals surface area contributed by atoms with Crippen molar-refractivity contribution >= 4 is 5.91 Å². The number of aromatic nitrogens is 2. The maximum atomic E-state index is 12.5. The van der Waals surface area contributed by atoms with Gasteiger partial charge in [0.2, 0.25) is 5.91 Å². The Bertz CT molecular complexity index is 685. The fraction of sp³-hybridized carbons (Fsp3) is 0.474. The molecule has 2 aliphatic heterocycles. The Labute approximate surface area is 142 Å². The van der Waals surface area contributed by atoms with Crippen molar-refractivity contribution in [3.8, 4) is 0 Å². The SMILES string of the molecule is O=C(Cc1cnc[nH]1)N1CCC2(CCN(Cc3ccccc3)C2)C1. The molecule has 4 rings (SSSR count). The van der Waals surface area contributed by atoms with Gasteiger partial charge in [0, 0.05) is 43.5 Å². The maximum Gasteiger partial charge on any atom is 0.228 e. The molecule has 0 aliphatic carbocycles. The van der Waals surface area contributed by atoms with E-state index in [-0.39, 0.29) is 5.91 Å². The van der Waals surface area contributed by atoms with Gasteiger partial charge in [0.25, 0.3) is 0 Å². The normalized spacial score (nSPS) is 24.1. The highest BCUT2D eigenvalue weighted by molar-refractivity contribution is 5.78. The number of nitrogens with zero attached hydrogens (tertiary/aromatic N) is 3. The zero-order valence-corrected chi connectivity index (χ0v) is 13.9. The van der Waals surface area contributed by atoms with Gasteiger partial charge in [-0.1, -0.05) is 30.3 Å². The lowest BCUT2D eigenvalue weighted by molar-refractivity contribution is -0.129. The second kappa shape index (κ2) is 6.40. The molecule has 0 bridgehead atoms. The number of hydrogen-bond acceptors (Lipinski definition) is 3. The summed E-state index contributed by atoms with van der Waals surface area (Å²) in [5.41, 5.74) is 2.58. The Morgan fingerprint density at radius 3 is 2.79 bits per heavy atom. The number of amides is 1. The predicted octanol–water partition coefficient (Wildman–Crippen LogP) is 2.08.